The quantitative estimate of drug-likeness (QED) is 0.843. The van der Waals surface area contributed by atoms with Gasteiger partial charge in [0.25, 0.3) is 0 Å². The lowest BCUT2D eigenvalue weighted by molar-refractivity contribution is -0.133. The Bertz CT molecular complexity index is 712. The van der Waals surface area contributed by atoms with E-state index in [1.807, 2.05) is 32.0 Å². The summed E-state index contributed by atoms with van der Waals surface area (Å²) in [6.07, 6.45) is 0. The van der Waals surface area contributed by atoms with E-state index in [2.05, 4.69) is 15.8 Å². The van der Waals surface area contributed by atoms with Crippen LogP contribution < -0.4 is 10.6 Å². The number of nitrogens with one attached hydrogen (secondary N) is 2. The van der Waals surface area contributed by atoms with Gasteiger partial charge in [-0.2, -0.15) is 0 Å². The number of para-hydroxylation sites is 1. The number of likely N-dealkylation sites (N-methyl/N-ethyl adjacent to an activating group) is 1. The van der Waals surface area contributed by atoms with E-state index in [4.69, 9.17) is 4.52 Å². The van der Waals surface area contributed by atoms with Gasteiger partial charge in [-0.05, 0) is 25.0 Å². The van der Waals surface area contributed by atoms with E-state index in [0.717, 1.165) is 0 Å². The van der Waals surface area contributed by atoms with Gasteiger partial charge in [0.2, 0.25) is 5.91 Å². The summed E-state index contributed by atoms with van der Waals surface area (Å²) < 4.78 is 5.02. The van der Waals surface area contributed by atoms with Gasteiger partial charge < -0.3 is 20.1 Å². The molecule has 7 heteroatoms. The molecule has 1 heterocycles. The topological polar surface area (TPSA) is 87.5 Å². The minimum Gasteiger partial charge on any atom is -0.361 e. The van der Waals surface area contributed by atoms with Crippen molar-refractivity contribution in [2.45, 2.75) is 33.4 Å². The molecule has 0 radical (unpaired) electrons. The Balaban J connectivity index is 1.98. The van der Waals surface area contributed by atoms with Crippen LogP contribution in [0.25, 0.3) is 0 Å². The smallest absolute Gasteiger partial charge is 0.319 e. The summed E-state index contributed by atoms with van der Waals surface area (Å²) in [5, 5.41) is 9.37. The third-order valence-corrected chi connectivity index (χ3v) is 3.70. The van der Waals surface area contributed by atoms with E-state index in [9.17, 15) is 9.59 Å². The highest BCUT2D eigenvalue weighted by atomic mass is 16.5. The second-order valence-corrected chi connectivity index (χ2v) is 6.31. The first-order chi connectivity index (χ1) is 11.9. The number of aryl methyl sites for hydroxylation is 1. The molecule has 25 heavy (non-hydrogen) atoms. The van der Waals surface area contributed by atoms with Crippen LogP contribution in [0, 0.1) is 12.8 Å². The van der Waals surface area contributed by atoms with Crippen LogP contribution in [0.4, 0.5) is 10.5 Å². The summed E-state index contributed by atoms with van der Waals surface area (Å²) in [5.41, 5.74) is 1.34. The summed E-state index contributed by atoms with van der Waals surface area (Å²) in [6, 6.07) is 9.82. The van der Waals surface area contributed by atoms with Gasteiger partial charge in [-0.3, -0.25) is 4.79 Å². The first kappa shape index (κ1) is 18.5. The highest BCUT2D eigenvalue weighted by Crippen LogP contribution is 2.11. The van der Waals surface area contributed by atoms with E-state index in [0.29, 0.717) is 23.7 Å². The van der Waals surface area contributed by atoms with Gasteiger partial charge in [-0.25, -0.2) is 4.79 Å². The summed E-state index contributed by atoms with van der Waals surface area (Å²) in [6.45, 7) is 5.89. The molecule has 2 N–H and O–H groups in total. The molecule has 0 fully saturated rings. The molecule has 1 aromatic carbocycles. The van der Waals surface area contributed by atoms with Crippen molar-refractivity contribution in [1.82, 2.24) is 15.4 Å². The van der Waals surface area contributed by atoms with E-state index in [1.165, 1.54) is 4.90 Å². The minimum absolute atomic E-state index is 0.0597. The van der Waals surface area contributed by atoms with E-state index in [1.54, 1.807) is 32.2 Å². The number of aromatic nitrogens is 1. The predicted octanol–water partition coefficient (Wildman–Crippen LogP) is 2.79. The third kappa shape index (κ3) is 5.34. The first-order valence-electron chi connectivity index (χ1n) is 8.16. The normalized spacial score (nSPS) is 11.9. The largest absolute Gasteiger partial charge is 0.361 e. The average molecular weight is 344 g/mol. The predicted molar refractivity (Wildman–Crippen MR) is 94.9 cm³/mol. The monoisotopic (exact) mass is 344 g/mol. The maximum Gasteiger partial charge on any atom is 0.319 e. The van der Waals surface area contributed by atoms with Gasteiger partial charge in [-0.1, -0.05) is 37.2 Å². The molecule has 1 unspecified atom stereocenters. The molecule has 0 saturated carbocycles. The zero-order valence-corrected chi connectivity index (χ0v) is 14.9. The number of hydrogen-bond acceptors (Lipinski definition) is 4. The van der Waals surface area contributed by atoms with Crippen molar-refractivity contribution < 1.29 is 14.1 Å². The van der Waals surface area contributed by atoms with E-state index < -0.39 is 12.1 Å². The zero-order chi connectivity index (χ0) is 18.4. The Morgan fingerprint density at radius 3 is 2.48 bits per heavy atom. The molecule has 0 aliphatic heterocycles. The molecular formula is C18H24N4O3. The number of anilines is 1. The van der Waals surface area contributed by atoms with E-state index >= 15 is 0 Å². The van der Waals surface area contributed by atoms with Gasteiger partial charge >= 0.3 is 6.03 Å². The molecule has 0 spiro atoms. The fraction of sp³-hybridized carbons (Fsp3) is 0.389. The maximum atomic E-state index is 12.7. The maximum absolute atomic E-state index is 12.7. The van der Waals surface area contributed by atoms with Crippen molar-refractivity contribution in [3.8, 4) is 0 Å². The van der Waals surface area contributed by atoms with Crippen LogP contribution in [0.1, 0.15) is 25.3 Å². The lowest BCUT2D eigenvalue weighted by Gasteiger charge is -2.26. The molecular weight excluding hydrogens is 320 g/mol. The van der Waals surface area contributed by atoms with Crippen LogP contribution in [0.5, 0.6) is 0 Å². The van der Waals surface area contributed by atoms with Crippen LogP contribution in [0.3, 0.4) is 0 Å². The number of amides is 3. The molecule has 7 nitrogen and oxygen atoms in total. The van der Waals surface area contributed by atoms with Crippen LogP contribution in [-0.2, 0) is 11.3 Å². The van der Waals surface area contributed by atoms with Crippen molar-refractivity contribution in [1.29, 1.82) is 0 Å². The Hall–Kier alpha value is -2.83. The number of rotatable bonds is 6. The Kier molecular flexibility index (Phi) is 6.16. The van der Waals surface area contributed by atoms with Crippen LogP contribution in [-0.4, -0.2) is 35.1 Å². The molecule has 0 aliphatic carbocycles. The number of carbonyl (C=O) groups is 2. The van der Waals surface area contributed by atoms with Crippen molar-refractivity contribution in [2.24, 2.45) is 5.92 Å². The first-order valence-corrected chi connectivity index (χ1v) is 8.16. The lowest BCUT2D eigenvalue weighted by atomic mass is 10.0. The minimum atomic E-state index is -0.637. The fourth-order valence-electron chi connectivity index (χ4n) is 2.39. The van der Waals surface area contributed by atoms with Crippen LogP contribution >= 0.6 is 0 Å². The van der Waals surface area contributed by atoms with Crippen molar-refractivity contribution in [3.63, 3.8) is 0 Å². The average Bonchev–Trinajstić information content (AvgIpc) is 2.97. The standard InChI is InChI=1S/C18H24N4O3/c1-12(2)16(20-18(24)19-14-8-6-5-7-9-14)17(23)22(4)11-15-10-13(3)25-21-15/h5-10,12,16H,11H2,1-4H3,(H2,19,20,24). The second kappa shape index (κ2) is 8.32. The lowest BCUT2D eigenvalue weighted by Crippen LogP contribution is -2.51. The summed E-state index contributed by atoms with van der Waals surface area (Å²) in [4.78, 5) is 26.4. The molecule has 2 aromatic rings. The number of benzene rings is 1. The molecule has 1 atom stereocenters. The van der Waals surface area contributed by atoms with Crippen molar-refractivity contribution in [2.75, 3.05) is 12.4 Å². The van der Waals surface area contributed by atoms with Gasteiger partial charge in [0.05, 0.1) is 6.54 Å². The second-order valence-electron chi connectivity index (χ2n) is 6.31. The van der Waals surface area contributed by atoms with Gasteiger partial charge in [0, 0.05) is 18.8 Å². The summed E-state index contributed by atoms with van der Waals surface area (Å²) in [7, 11) is 1.68. The Morgan fingerprint density at radius 2 is 1.92 bits per heavy atom. The number of carbonyl (C=O) groups excluding carboxylic acids is 2. The summed E-state index contributed by atoms with van der Waals surface area (Å²) in [5.74, 6) is 0.450. The molecule has 0 bridgehead atoms. The number of urea groups is 1. The SMILES string of the molecule is Cc1cc(CN(C)C(=O)C(NC(=O)Nc2ccccc2)C(C)C)no1. The highest BCUT2D eigenvalue weighted by molar-refractivity contribution is 5.93. The van der Waals surface area contributed by atoms with Crippen molar-refractivity contribution >= 4 is 17.6 Å². The van der Waals surface area contributed by atoms with Crippen LogP contribution in [0.2, 0.25) is 0 Å². The Morgan fingerprint density at radius 1 is 1.24 bits per heavy atom. The highest BCUT2D eigenvalue weighted by Gasteiger charge is 2.27. The molecule has 0 aliphatic rings. The van der Waals surface area contributed by atoms with E-state index in [-0.39, 0.29) is 11.8 Å². The number of nitrogens with zero attached hydrogens (tertiary/aromatic N) is 2. The number of hydrogen-bond donors (Lipinski definition) is 2. The summed E-state index contributed by atoms with van der Waals surface area (Å²) >= 11 is 0. The zero-order valence-electron chi connectivity index (χ0n) is 14.9. The molecule has 2 rings (SSSR count). The van der Waals surface area contributed by atoms with Crippen molar-refractivity contribution in [3.05, 3.63) is 47.9 Å². The third-order valence-electron chi connectivity index (χ3n) is 3.70. The van der Waals surface area contributed by atoms with Gasteiger partial charge in [0.15, 0.2) is 0 Å². The van der Waals surface area contributed by atoms with Gasteiger partial charge in [0.1, 0.15) is 17.5 Å². The molecule has 3 amide bonds. The Labute approximate surface area is 147 Å². The van der Waals surface area contributed by atoms with Gasteiger partial charge in [-0.15, -0.1) is 0 Å². The molecule has 0 saturated heterocycles. The van der Waals surface area contributed by atoms with Crippen LogP contribution in [0.15, 0.2) is 40.9 Å². The fourth-order valence-corrected chi connectivity index (χ4v) is 2.39. The molecule has 134 valence electrons. The molecule has 1 aromatic heterocycles.